The molecule has 4 rings (SSSR count). The van der Waals surface area contributed by atoms with Gasteiger partial charge in [0, 0.05) is 17.3 Å². The third kappa shape index (κ3) is 5.96. The number of nitrogens with zero attached hydrogens (tertiary/aromatic N) is 1. The zero-order chi connectivity index (χ0) is 26.7. The fourth-order valence-corrected chi connectivity index (χ4v) is 4.60. The Labute approximate surface area is 216 Å². The van der Waals surface area contributed by atoms with Crippen molar-refractivity contribution in [3.05, 3.63) is 93.0 Å². The van der Waals surface area contributed by atoms with Crippen LogP contribution in [0.5, 0.6) is 5.75 Å². The third-order valence-electron chi connectivity index (χ3n) is 6.08. The van der Waals surface area contributed by atoms with Crippen LogP contribution in [0.3, 0.4) is 0 Å². The molecule has 3 aromatic rings. The van der Waals surface area contributed by atoms with Gasteiger partial charge < -0.3 is 9.47 Å². The fourth-order valence-electron chi connectivity index (χ4n) is 4.38. The number of rotatable bonds is 7. The first-order valence-electron chi connectivity index (χ1n) is 11.7. The molecule has 0 amide bonds. The Balaban J connectivity index is 1.75. The predicted molar refractivity (Wildman–Crippen MR) is 133 cm³/mol. The van der Waals surface area contributed by atoms with Crippen LogP contribution in [0.15, 0.2) is 48.7 Å². The van der Waals surface area contributed by atoms with E-state index in [4.69, 9.17) is 21.1 Å². The lowest BCUT2D eigenvalue weighted by Gasteiger charge is -2.17. The van der Waals surface area contributed by atoms with E-state index < -0.39 is 29.2 Å². The Kier molecular flexibility index (Phi) is 7.87. The summed E-state index contributed by atoms with van der Waals surface area (Å²) in [5.41, 5.74) is 2.62. The first-order valence-corrected chi connectivity index (χ1v) is 12.1. The Hall–Kier alpha value is -3.39. The smallest absolute Gasteiger partial charge is 0.434 e. The maximum atomic E-state index is 13.5. The number of esters is 1. The molecule has 1 aliphatic rings. The highest BCUT2D eigenvalue weighted by molar-refractivity contribution is 6.31. The molecule has 0 saturated carbocycles. The average molecular weight is 534 g/mol. The Morgan fingerprint density at radius 3 is 2.54 bits per heavy atom. The molecule has 1 aromatic heterocycles. The number of aromatic nitrogens is 1. The van der Waals surface area contributed by atoms with Gasteiger partial charge in [0.2, 0.25) is 0 Å². The minimum atomic E-state index is -4.80. The SMILES string of the molecule is CCOC(=O)c1cc(C2=C(c3cc(C)ccc3OCc3ccc(F)cc3Cl)CCC2)cnc1C(F)(F)F. The Bertz CT molecular complexity index is 1370. The molecule has 0 spiro atoms. The first kappa shape index (κ1) is 26.7. The highest BCUT2D eigenvalue weighted by Gasteiger charge is 2.38. The number of hydrogen-bond donors (Lipinski definition) is 0. The van der Waals surface area contributed by atoms with Crippen LogP contribution in [0.25, 0.3) is 11.1 Å². The molecule has 0 bridgehead atoms. The van der Waals surface area contributed by atoms with Crippen LogP contribution in [-0.4, -0.2) is 17.6 Å². The molecule has 4 nitrogen and oxygen atoms in total. The molecule has 0 aliphatic heterocycles. The summed E-state index contributed by atoms with van der Waals surface area (Å²) in [6.45, 7) is 3.50. The van der Waals surface area contributed by atoms with Crippen LogP contribution < -0.4 is 4.74 Å². The largest absolute Gasteiger partial charge is 0.488 e. The lowest BCUT2D eigenvalue weighted by molar-refractivity contribution is -0.141. The second-order valence-corrected chi connectivity index (χ2v) is 9.08. The summed E-state index contributed by atoms with van der Waals surface area (Å²) in [6.07, 6.45) is -1.60. The van der Waals surface area contributed by atoms with Crippen molar-refractivity contribution in [2.45, 2.75) is 45.9 Å². The number of aryl methyl sites for hydroxylation is 1. The second-order valence-electron chi connectivity index (χ2n) is 8.67. The molecule has 2 aromatic carbocycles. The maximum Gasteiger partial charge on any atom is 0.434 e. The van der Waals surface area contributed by atoms with Gasteiger partial charge in [0.05, 0.1) is 17.2 Å². The molecule has 0 N–H and O–H groups in total. The number of pyridine rings is 1. The minimum absolute atomic E-state index is 0.0592. The van der Waals surface area contributed by atoms with Crippen molar-refractivity contribution in [3.63, 3.8) is 0 Å². The van der Waals surface area contributed by atoms with Crippen molar-refractivity contribution in [1.29, 1.82) is 0 Å². The number of carbonyl (C=O) groups excluding carboxylic acids is 1. The normalized spacial score (nSPS) is 13.7. The number of benzene rings is 2. The van der Waals surface area contributed by atoms with Crippen molar-refractivity contribution in [3.8, 4) is 5.75 Å². The van der Waals surface area contributed by atoms with E-state index in [-0.39, 0.29) is 18.2 Å². The van der Waals surface area contributed by atoms with Gasteiger partial charge in [-0.2, -0.15) is 13.2 Å². The molecule has 37 heavy (non-hydrogen) atoms. The molecule has 0 atom stereocenters. The summed E-state index contributed by atoms with van der Waals surface area (Å²) in [5, 5.41) is 0.247. The first-order chi connectivity index (χ1) is 17.6. The highest BCUT2D eigenvalue weighted by atomic mass is 35.5. The van der Waals surface area contributed by atoms with Crippen LogP contribution in [0.4, 0.5) is 17.6 Å². The van der Waals surface area contributed by atoms with E-state index in [9.17, 15) is 22.4 Å². The van der Waals surface area contributed by atoms with Gasteiger partial charge in [0.25, 0.3) is 0 Å². The summed E-state index contributed by atoms with van der Waals surface area (Å²) in [4.78, 5) is 16.0. The van der Waals surface area contributed by atoms with Crippen molar-refractivity contribution >= 4 is 28.7 Å². The van der Waals surface area contributed by atoms with Gasteiger partial charge >= 0.3 is 12.1 Å². The Morgan fingerprint density at radius 1 is 1.08 bits per heavy atom. The summed E-state index contributed by atoms with van der Waals surface area (Å²) >= 11 is 6.14. The van der Waals surface area contributed by atoms with Gasteiger partial charge in [0.1, 0.15) is 18.2 Å². The van der Waals surface area contributed by atoms with E-state index in [2.05, 4.69) is 4.98 Å². The summed E-state index contributed by atoms with van der Waals surface area (Å²) in [7, 11) is 0. The summed E-state index contributed by atoms with van der Waals surface area (Å²) in [5.74, 6) is -0.955. The molecule has 0 fully saturated rings. The van der Waals surface area contributed by atoms with E-state index in [1.165, 1.54) is 25.1 Å². The van der Waals surface area contributed by atoms with Crippen LogP contribution in [0.2, 0.25) is 5.02 Å². The quantitative estimate of drug-likeness (QED) is 0.228. The van der Waals surface area contributed by atoms with Crippen molar-refractivity contribution in [2.75, 3.05) is 6.61 Å². The average Bonchev–Trinajstić information content (AvgIpc) is 3.33. The number of halogens is 5. The Morgan fingerprint density at radius 2 is 1.84 bits per heavy atom. The molecule has 1 aliphatic carbocycles. The van der Waals surface area contributed by atoms with Gasteiger partial charge in [-0.05, 0) is 80.2 Å². The van der Waals surface area contributed by atoms with E-state index in [0.29, 0.717) is 29.7 Å². The number of allylic oxidation sites excluding steroid dienone is 2. The van der Waals surface area contributed by atoms with Gasteiger partial charge in [-0.15, -0.1) is 0 Å². The van der Waals surface area contributed by atoms with E-state index in [0.717, 1.165) is 34.9 Å². The minimum Gasteiger partial charge on any atom is -0.488 e. The van der Waals surface area contributed by atoms with Crippen LogP contribution in [-0.2, 0) is 17.5 Å². The number of carbonyl (C=O) groups is 1. The molecule has 0 saturated heterocycles. The second kappa shape index (κ2) is 10.9. The fraction of sp³-hybridized carbons (Fsp3) is 0.286. The molecule has 194 valence electrons. The molecule has 0 radical (unpaired) electrons. The van der Waals surface area contributed by atoms with Crippen LogP contribution >= 0.6 is 11.6 Å². The van der Waals surface area contributed by atoms with Gasteiger partial charge in [-0.3, -0.25) is 4.98 Å². The molecule has 0 unspecified atom stereocenters. The van der Waals surface area contributed by atoms with E-state index in [1.54, 1.807) is 6.07 Å². The zero-order valence-corrected chi connectivity index (χ0v) is 21.0. The monoisotopic (exact) mass is 533 g/mol. The topological polar surface area (TPSA) is 48.4 Å². The molecular weight excluding hydrogens is 510 g/mol. The van der Waals surface area contributed by atoms with E-state index in [1.807, 2.05) is 25.1 Å². The molecule has 1 heterocycles. The van der Waals surface area contributed by atoms with Crippen molar-refractivity contribution in [1.82, 2.24) is 4.98 Å². The molecule has 9 heteroatoms. The third-order valence-corrected chi connectivity index (χ3v) is 6.43. The lowest BCUT2D eigenvalue weighted by atomic mass is 9.95. The van der Waals surface area contributed by atoms with Gasteiger partial charge in [-0.1, -0.05) is 29.3 Å². The summed E-state index contributed by atoms with van der Waals surface area (Å²) in [6, 6.07) is 10.9. The van der Waals surface area contributed by atoms with Gasteiger partial charge in [0.15, 0.2) is 5.69 Å². The number of alkyl halides is 3. The number of hydrogen-bond acceptors (Lipinski definition) is 4. The lowest BCUT2D eigenvalue weighted by Crippen LogP contribution is -2.17. The van der Waals surface area contributed by atoms with Gasteiger partial charge in [-0.25, -0.2) is 9.18 Å². The standard InChI is InChI=1S/C28H24ClF4NO3/c1-3-36-27(35)23-12-18(14-34-26(23)28(31,32)33)20-5-4-6-21(20)22-11-16(2)7-10-25(22)37-15-17-8-9-19(30)13-24(17)29/h7-14H,3-6,15H2,1-2H3. The van der Waals surface area contributed by atoms with Crippen LogP contribution in [0, 0.1) is 12.7 Å². The zero-order valence-electron chi connectivity index (χ0n) is 20.2. The summed E-state index contributed by atoms with van der Waals surface area (Å²) < 4.78 is 65.0. The maximum absolute atomic E-state index is 13.5. The van der Waals surface area contributed by atoms with Crippen molar-refractivity contribution < 1.29 is 31.8 Å². The van der Waals surface area contributed by atoms with E-state index >= 15 is 0 Å². The molecular formula is C28H24ClF4NO3. The highest BCUT2D eigenvalue weighted by Crippen LogP contribution is 2.44. The van der Waals surface area contributed by atoms with Crippen LogP contribution in [0.1, 0.15) is 64.5 Å². The van der Waals surface area contributed by atoms with Crippen molar-refractivity contribution in [2.24, 2.45) is 0 Å². The number of ether oxygens (including phenoxy) is 2. The predicted octanol–water partition coefficient (Wildman–Crippen LogP) is 8.05.